The van der Waals surface area contributed by atoms with Gasteiger partial charge < -0.3 is 5.32 Å². The van der Waals surface area contributed by atoms with Crippen LogP contribution in [0.2, 0.25) is 0 Å². The summed E-state index contributed by atoms with van der Waals surface area (Å²) in [6.45, 7) is 0. The van der Waals surface area contributed by atoms with E-state index in [4.69, 9.17) is 0 Å². The third-order valence-corrected chi connectivity index (χ3v) is 4.68. The maximum absolute atomic E-state index is 12.3. The molecule has 1 aromatic carbocycles. The second kappa shape index (κ2) is 4.81. The molecule has 1 amide bonds. The SMILES string of the molecule is CSc1cccc(NC(=O)[C@@H]2C[C@@H]3C=C[C@H]2C3)c1. The molecule has 1 fully saturated rings. The van der Waals surface area contributed by atoms with Gasteiger partial charge in [0.05, 0.1) is 0 Å². The quantitative estimate of drug-likeness (QED) is 0.664. The number of amides is 1. The molecule has 1 saturated carbocycles. The minimum Gasteiger partial charge on any atom is -0.326 e. The van der Waals surface area contributed by atoms with Crippen LogP contribution in [-0.4, -0.2) is 12.2 Å². The second-order valence-electron chi connectivity index (χ2n) is 5.11. The summed E-state index contributed by atoms with van der Waals surface area (Å²) in [6.07, 6.45) is 8.72. The van der Waals surface area contributed by atoms with Crippen LogP contribution < -0.4 is 5.32 Å². The third-order valence-electron chi connectivity index (χ3n) is 3.95. The summed E-state index contributed by atoms with van der Waals surface area (Å²) >= 11 is 1.69. The Labute approximate surface area is 112 Å². The first-order valence-corrected chi connectivity index (χ1v) is 7.62. The van der Waals surface area contributed by atoms with Crippen LogP contribution in [0.3, 0.4) is 0 Å². The van der Waals surface area contributed by atoms with Gasteiger partial charge in [-0.1, -0.05) is 18.2 Å². The summed E-state index contributed by atoms with van der Waals surface area (Å²) in [5.74, 6) is 1.48. The molecule has 2 aliphatic rings. The molecule has 0 aromatic heterocycles. The number of thioether (sulfide) groups is 1. The molecule has 3 heteroatoms. The lowest BCUT2D eigenvalue weighted by atomic mass is 9.93. The fraction of sp³-hybridized carbons (Fsp3) is 0.400. The Morgan fingerprint density at radius 1 is 1.33 bits per heavy atom. The molecular formula is C15H17NOS. The molecule has 0 spiro atoms. The Balaban J connectivity index is 1.69. The topological polar surface area (TPSA) is 29.1 Å². The molecule has 0 heterocycles. The first kappa shape index (κ1) is 11.8. The number of carbonyl (C=O) groups is 1. The monoisotopic (exact) mass is 259 g/mol. The van der Waals surface area contributed by atoms with Gasteiger partial charge in [0.2, 0.25) is 5.91 Å². The molecular weight excluding hydrogens is 242 g/mol. The summed E-state index contributed by atoms with van der Waals surface area (Å²) < 4.78 is 0. The molecule has 1 aromatic rings. The highest BCUT2D eigenvalue weighted by atomic mass is 32.2. The zero-order chi connectivity index (χ0) is 12.5. The molecule has 2 nitrogen and oxygen atoms in total. The van der Waals surface area contributed by atoms with E-state index in [9.17, 15) is 4.79 Å². The van der Waals surface area contributed by atoms with Gasteiger partial charge in [-0.2, -0.15) is 0 Å². The van der Waals surface area contributed by atoms with Crippen LogP contribution >= 0.6 is 11.8 Å². The van der Waals surface area contributed by atoms with Crippen molar-refractivity contribution in [3.05, 3.63) is 36.4 Å². The number of allylic oxidation sites excluding steroid dienone is 2. The van der Waals surface area contributed by atoms with E-state index in [1.165, 1.54) is 11.3 Å². The van der Waals surface area contributed by atoms with Crippen molar-refractivity contribution >= 4 is 23.4 Å². The lowest BCUT2D eigenvalue weighted by molar-refractivity contribution is -0.120. The van der Waals surface area contributed by atoms with E-state index < -0.39 is 0 Å². The van der Waals surface area contributed by atoms with E-state index in [2.05, 4.69) is 23.5 Å². The Morgan fingerprint density at radius 3 is 2.89 bits per heavy atom. The lowest BCUT2D eigenvalue weighted by Gasteiger charge is -2.17. The number of nitrogens with one attached hydrogen (secondary N) is 1. The van der Waals surface area contributed by atoms with Crippen molar-refractivity contribution in [1.29, 1.82) is 0 Å². The van der Waals surface area contributed by atoms with Crippen molar-refractivity contribution in [2.45, 2.75) is 17.7 Å². The highest BCUT2D eigenvalue weighted by molar-refractivity contribution is 7.98. The maximum Gasteiger partial charge on any atom is 0.228 e. The van der Waals surface area contributed by atoms with E-state index in [1.807, 2.05) is 24.5 Å². The summed E-state index contributed by atoms with van der Waals surface area (Å²) in [6, 6.07) is 8.04. The molecule has 0 saturated heterocycles. The van der Waals surface area contributed by atoms with Crippen molar-refractivity contribution in [2.75, 3.05) is 11.6 Å². The van der Waals surface area contributed by atoms with Crippen molar-refractivity contribution in [1.82, 2.24) is 0 Å². The van der Waals surface area contributed by atoms with Crippen LogP contribution in [0.25, 0.3) is 0 Å². The molecule has 3 rings (SSSR count). The predicted molar refractivity (Wildman–Crippen MR) is 75.7 cm³/mol. The van der Waals surface area contributed by atoms with Gasteiger partial charge in [-0.15, -0.1) is 11.8 Å². The van der Waals surface area contributed by atoms with Gasteiger partial charge >= 0.3 is 0 Å². The van der Waals surface area contributed by atoms with Crippen LogP contribution in [0.15, 0.2) is 41.3 Å². The molecule has 0 radical (unpaired) electrons. The first-order valence-electron chi connectivity index (χ1n) is 6.39. The van der Waals surface area contributed by atoms with Crippen LogP contribution in [0.5, 0.6) is 0 Å². The number of fused-ring (bicyclic) bond motifs is 2. The zero-order valence-electron chi connectivity index (χ0n) is 10.4. The standard InChI is InChI=1S/C15H17NOS/c1-18-13-4-2-3-12(9-13)16-15(17)14-8-10-5-6-11(14)7-10/h2-6,9-11,14H,7-8H2,1H3,(H,16,17)/t10-,11+,14-/m1/s1. The Hall–Kier alpha value is -1.22. The molecule has 2 aliphatic carbocycles. The van der Waals surface area contributed by atoms with Gasteiger partial charge in [0, 0.05) is 16.5 Å². The molecule has 0 unspecified atom stereocenters. The second-order valence-corrected chi connectivity index (χ2v) is 5.99. The van der Waals surface area contributed by atoms with E-state index in [-0.39, 0.29) is 11.8 Å². The number of hydrogen-bond donors (Lipinski definition) is 1. The fourth-order valence-electron chi connectivity index (χ4n) is 3.02. The van der Waals surface area contributed by atoms with E-state index in [0.29, 0.717) is 11.8 Å². The molecule has 1 N–H and O–H groups in total. The summed E-state index contributed by atoms with van der Waals surface area (Å²) in [5, 5.41) is 3.06. The average Bonchev–Trinajstić information content (AvgIpc) is 3.01. The lowest BCUT2D eigenvalue weighted by Crippen LogP contribution is -2.25. The molecule has 2 bridgehead atoms. The number of anilines is 1. The number of carbonyl (C=O) groups excluding carboxylic acids is 1. The highest BCUT2D eigenvalue weighted by Gasteiger charge is 2.39. The number of rotatable bonds is 3. The van der Waals surface area contributed by atoms with Crippen molar-refractivity contribution in [3.8, 4) is 0 Å². The fourth-order valence-corrected chi connectivity index (χ4v) is 3.48. The predicted octanol–water partition coefficient (Wildman–Crippen LogP) is 3.56. The van der Waals surface area contributed by atoms with Gasteiger partial charge in [-0.25, -0.2) is 0 Å². The maximum atomic E-state index is 12.3. The third kappa shape index (κ3) is 2.19. The van der Waals surface area contributed by atoms with Crippen LogP contribution in [0, 0.1) is 17.8 Å². The molecule has 94 valence electrons. The summed E-state index contributed by atoms with van der Waals surface area (Å²) in [7, 11) is 0. The van der Waals surface area contributed by atoms with Gasteiger partial charge in [0.1, 0.15) is 0 Å². The number of benzene rings is 1. The summed E-state index contributed by atoms with van der Waals surface area (Å²) in [5.41, 5.74) is 0.915. The smallest absolute Gasteiger partial charge is 0.228 e. The van der Waals surface area contributed by atoms with Crippen molar-refractivity contribution in [3.63, 3.8) is 0 Å². The van der Waals surface area contributed by atoms with Crippen LogP contribution in [0.4, 0.5) is 5.69 Å². The van der Waals surface area contributed by atoms with Crippen molar-refractivity contribution < 1.29 is 4.79 Å². The molecule has 0 aliphatic heterocycles. The van der Waals surface area contributed by atoms with E-state index in [1.54, 1.807) is 11.8 Å². The minimum absolute atomic E-state index is 0.179. The first-order chi connectivity index (χ1) is 8.76. The van der Waals surface area contributed by atoms with Gasteiger partial charge in [0.15, 0.2) is 0 Å². The Bertz CT molecular complexity index is 497. The van der Waals surface area contributed by atoms with Gasteiger partial charge in [0.25, 0.3) is 0 Å². The Kier molecular flexibility index (Phi) is 3.16. The largest absolute Gasteiger partial charge is 0.326 e. The highest BCUT2D eigenvalue weighted by Crippen LogP contribution is 2.43. The van der Waals surface area contributed by atoms with E-state index >= 15 is 0 Å². The summed E-state index contributed by atoms with van der Waals surface area (Å²) in [4.78, 5) is 13.4. The minimum atomic E-state index is 0.179. The Morgan fingerprint density at radius 2 is 2.22 bits per heavy atom. The van der Waals surface area contributed by atoms with Crippen LogP contribution in [0.1, 0.15) is 12.8 Å². The average molecular weight is 259 g/mol. The van der Waals surface area contributed by atoms with Crippen molar-refractivity contribution in [2.24, 2.45) is 17.8 Å². The van der Waals surface area contributed by atoms with Gasteiger partial charge in [-0.3, -0.25) is 4.79 Å². The number of hydrogen-bond acceptors (Lipinski definition) is 2. The zero-order valence-corrected chi connectivity index (χ0v) is 11.2. The van der Waals surface area contributed by atoms with Gasteiger partial charge in [-0.05, 0) is 49.1 Å². The normalized spacial score (nSPS) is 28.6. The van der Waals surface area contributed by atoms with Crippen LogP contribution in [-0.2, 0) is 4.79 Å². The molecule has 3 atom stereocenters. The molecule has 18 heavy (non-hydrogen) atoms. The van der Waals surface area contributed by atoms with E-state index in [0.717, 1.165) is 12.1 Å².